The first-order chi connectivity index (χ1) is 9.97. The molecule has 2 aromatic rings. The molecule has 8 heteroatoms. The average Bonchev–Trinajstić information content (AvgIpc) is 3.07. The van der Waals surface area contributed by atoms with Crippen molar-refractivity contribution < 1.29 is 14.4 Å². The Morgan fingerprint density at radius 1 is 1.57 bits per heavy atom. The minimum absolute atomic E-state index is 0.0346. The molecule has 0 unspecified atom stereocenters. The first kappa shape index (κ1) is 13.3. The van der Waals surface area contributed by atoms with E-state index in [0.29, 0.717) is 6.42 Å². The van der Waals surface area contributed by atoms with Gasteiger partial charge in [0.05, 0.1) is 18.0 Å². The molecule has 8 nitrogen and oxygen atoms in total. The van der Waals surface area contributed by atoms with E-state index in [0.717, 1.165) is 17.5 Å². The van der Waals surface area contributed by atoms with E-state index in [1.165, 1.54) is 6.92 Å². The van der Waals surface area contributed by atoms with Gasteiger partial charge in [0.25, 0.3) is 5.56 Å². The Morgan fingerprint density at radius 3 is 2.86 bits per heavy atom. The number of aryl methyl sites for hydroxylation is 1. The Bertz CT molecular complexity index is 838. The van der Waals surface area contributed by atoms with Crippen molar-refractivity contribution in [2.45, 2.75) is 32.7 Å². The van der Waals surface area contributed by atoms with Crippen LogP contribution in [0.4, 0.5) is 0 Å². The summed E-state index contributed by atoms with van der Waals surface area (Å²) in [6.45, 7) is 1.76. The molecule has 1 aliphatic carbocycles. The summed E-state index contributed by atoms with van der Waals surface area (Å²) in [5, 5.41) is 25.8. The van der Waals surface area contributed by atoms with Gasteiger partial charge in [0.15, 0.2) is 11.2 Å². The molecule has 3 rings (SSSR count). The topological polar surface area (TPSA) is 122 Å². The van der Waals surface area contributed by atoms with Crippen LogP contribution in [-0.4, -0.2) is 26.0 Å². The van der Waals surface area contributed by atoms with E-state index in [9.17, 15) is 14.7 Å². The lowest BCUT2D eigenvalue weighted by molar-refractivity contribution is 0.0689. The molecule has 0 aliphatic heterocycles. The fraction of sp³-hybridized carbons (Fsp3) is 0.462. The number of carbonyl (C=O) groups is 1. The molecule has 0 radical (unpaired) electrons. The second kappa shape index (κ2) is 4.41. The third-order valence-corrected chi connectivity index (χ3v) is 3.86. The Balaban J connectivity index is 2.16. The van der Waals surface area contributed by atoms with Gasteiger partial charge in [-0.15, -0.1) is 0 Å². The highest BCUT2D eigenvalue weighted by Gasteiger charge is 2.43. The number of carboxylic acids is 1. The third kappa shape index (κ3) is 2.07. The van der Waals surface area contributed by atoms with E-state index in [1.54, 1.807) is 0 Å². The molecule has 0 saturated heterocycles. The molecule has 108 valence electrons. The average molecular weight is 288 g/mol. The molecule has 1 saturated carbocycles. The van der Waals surface area contributed by atoms with Gasteiger partial charge in [-0.25, -0.2) is 9.48 Å². The molecule has 0 aromatic carbocycles. The van der Waals surface area contributed by atoms with Crippen LogP contribution in [0.5, 0.6) is 0 Å². The van der Waals surface area contributed by atoms with Gasteiger partial charge in [-0.3, -0.25) is 4.79 Å². The highest BCUT2D eigenvalue weighted by Crippen LogP contribution is 2.49. The van der Waals surface area contributed by atoms with Crippen LogP contribution in [-0.2, 0) is 6.54 Å². The van der Waals surface area contributed by atoms with Gasteiger partial charge in [-0.05, 0) is 19.8 Å². The van der Waals surface area contributed by atoms with E-state index in [-0.39, 0.29) is 34.3 Å². The number of fused-ring (bicyclic) bond motifs is 1. The number of nitrogens with zero attached hydrogens (tertiary/aromatic N) is 4. The van der Waals surface area contributed by atoms with Crippen molar-refractivity contribution in [2.75, 3.05) is 0 Å². The molecular formula is C13H12N4O4. The number of aromatic nitrogens is 3. The molecule has 0 amide bonds. The maximum Gasteiger partial charge on any atom is 0.357 e. The van der Waals surface area contributed by atoms with E-state index < -0.39 is 11.5 Å². The standard InChI is InChI=1S/C13H12N4O4/c1-7-8-9(16-21-7)11(18)17(15-10(8)12(19)20)6-13(2-3-13)4-5-14/h2-4,6H2,1H3,(H,19,20). The Labute approximate surface area is 118 Å². The van der Waals surface area contributed by atoms with Crippen molar-refractivity contribution in [1.29, 1.82) is 5.26 Å². The fourth-order valence-corrected chi connectivity index (χ4v) is 2.45. The van der Waals surface area contributed by atoms with Crippen LogP contribution in [0, 0.1) is 23.7 Å². The molecule has 2 aromatic heterocycles. The number of hydrogen-bond acceptors (Lipinski definition) is 6. The van der Waals surface area contributed by atoms with E-state index in [1.807, 2.05) is 0 Å². The SMILES string of the molecule is Cc1onc2c(=O)n(CC3(CC#N)CC3)nc(C(=O)O)c12. The van der Waals surface area contributed by atoms with E-state index in [4.69, 9.17) is 9.78 Å². The minimum Gasteiger partial charge on any atom is -0.476 e. The van der Waals surface area contributed by atoms with E-state index >= 15 is 0 Å². The normalized spacial score (nSPS) is 15.8. The molecule has 0 spiro atoms. The second-order valence-corrected chi connectivity index (χ2v) is 5.41. The lowest BCUT2D eigenvalue weighted by Crippen LogP contribution is -2.29. The minimum atomic E-state index is -1.25. The predicted octanol–water partition coefficient (Wildman–Crippen LogP) is 1.08. The van der Waals surface area contributed by atoms with Gasteiger partial charge in [0.2, 0.25) is 0 Å². The summed E-state index contributed by atoms with van der Waals surface area (Å²) in [5.74, 6) is -0.998. The van der Waals surface area contributed by atoms with Crippen LogP contribution < -0.4 is 5.56 Å². The number of carboxylic acid groups (broad SMARTS) is 1. The molecule has 1 fully saturated rings. The molecule has 0 atom stereocenters. The summed E-state index contributed by atoms with van der Waals surface area (Å²) >= 11 is 0. The molecule has 1 aliphatic rings. The monoisotopic (exact) mass is 288 g/mol. The molecule has 21 heavy (non-hydrogen) atoms. The summed E-state index contributed by atoms with van der Waals surface area (Å²) < 4.78 is 6.01. The van der Waals surface area contributed by atoms with Crippen molar-refractivity contribution in [3.05, 3.63) is 21.8 Å². The Morgan fingerprint density at radius 2 is 2.29 bits per heavy atom. The highest BCUT2D eigenvalue weighted by molar-refractivity contribution is 6.00. The lowest BCUT2D eigenvalue weighted by atomic mass is 10.0. The molecule has 0 bridgehead atoms. The zero-order chi connectivity index (χ0) is 15.2. The summed E-state index contributed by atoms with van der Waals surface area (Å²) in [7, 11) is 0. The molecular weight excluding hydrogens is 276 g/mol. The maximum absolute atomic E-state index is 12.3. The van der Waals surface area contributed by atoms with Gasteiger partial charge >= 0.3 is 5.97 Å². The zero-order valence-corrected chi connectivity index (χ0v) is 11.3. The largest absolute Gasteiger partial charge is 0.476 e. The van der Waals surface area contributed by atoms with Crippen LogP contribution in [0.25, 0.3) is 10.9 Å². The third-order valence-electron chi connectivity index (χ3n) is 3.86. The highest BCUT2D eigenvalue weighted by atomic mass is 16.5. The number of nitriles is 1. The van der Waals surface area contributed by atoms with Crippen molar-refractivity contribution >= 4 is 16.9 Å². The van der Waals surface area contributed by atoms with Crippen LogP contribution in [0.15, 0.2) is 9.32 Å². The smallest absolute Gasteiger partial charge is 0.357 e. The van der Waals surface area contributed by atoms with Crippen LogP contribution in [0.2, 0.25) is 0 Å². The molecule has 2 heterocycles. The Hall–Kier alpha value is -2.69. The van der Waals surface area contributed by atoms with Crippen molar-refractivity contribution in [1.82, 2.24) is 14.9 Å². The predicted molar refractivity (Wildman–Crippen MR) is 69.7 cm³/mol. The first-order valence-electron chi connectivity index (χ1n) is 6.45. The van der Waals surface area contributed by atoms with Gasteiger partial charge in [-0.1, -0.05) is 5.16 Å². The number of hydrogen-bond donors (Lipinski definition) is 1. The summed E-state index contributed by atoms with van der Waals surface area (Å²) in [6.07, 6.45) is 1.97. The lowest BCUT2D eigenvalue weighted by Gasteiger charge is -2.12. The summed E-state index contributed by atoms with van der Waals surface area (Å²) in [6, 6.07) is 2.10. The molecule has 1 N–H and O–H groups in total. The maximum atomic E-state index is 12.3. The zero-order valence-electron chi connectivity index (χ0n) is 11.3. The number of aromatic carboxylic acids is 1. The van der Waals surface area contributed by atoms with Gasteiger partial charge in [0.1, 0.15) is 5.76 Å². The second-order valence-electron chi connectivity index (χ2n) is 5.41. The van der Waals surface area contributed by atoms with Crippen LogP contribution in [0.3, 0.4) is 0 Å². The van der Waals surface area contributed by atoms with E-state index in [2.05, 4.69) is 16.3 Å². The van der Waals surface area contributed by atoms with Crippen LogP contribution in [0.1, 0.15) is 35.5 Å². The van der Waals surface area contributed by atoms with Crippen LogP contribution >= 0.6 is 0 Å². The van der Waals surface area contributed by atoms with Crippen molar-refractivity contribution in [2.24, 2.45) is 5.41 Å². The quantitative estimate of drug-likeness (QED) is 0.893. The summed E-state index contributed by atoms with van der Waals surface area (Å²) in [5.41, 5.74) is -1.05. The number of rotatable bonds is 4. The first-order valence-corrected chi connectivity index (χ1v) is 6.45. The van der Waals surface area contributed by atoms with Gasteiger partial charge in [-0.2, -0.15) is 10.4 Å². The fourth-order valence-electron chi connectivity index (χ4n) is 2.45. The van der Waals surface area contributed by atoms with Gasteiger partial charge in [0, 0.05) is 11.8 Å². The van der Waals surface area contributed by atoms with Crippen molar-refractivity contribution in [3.63, 3.8) is 0 Å². The summed E-state index contributed by atoms with van der Waals surface area (Å²) in [4.78, 5) is 23.7. The Kier molecular flexibility index (Phi) is 2.79. The van der Waals surface area contributed by atoms with Crippen molar-refractivity contribution in [3.8, 4) is 6.07 Å². The van der Waals surface area contributed by atoms with Gasteiger partial charge < -0.3 is 9.63 Å².